The van der Waals surface area contributed by atoms with Crippen molar-refractivity contribution in [2.75, 3.05) is 0 Å². The topological polar surface area (TPSA) is 140 Å². The van der Waals surface area contributed by atoms with E-state index in [1.165, 1.54) is 10.8 Å². The summed E-state index contributed by atoms with van der Waals surface area (Å²) in [6.07, 6.45) is 1.79. The van der Waals surface area contributed by atoms with Crippen LogP contribution < -0.4 is 16.6 Å². The van der Waals surface area contributed by atoms with Crippen molar-refractivity contribution < 1.29 is 19.5 Å². The Labute approximate surface area is 178 Å². The van der Waals surface area contributed by atoms with Crippen LogP contribution in [0.1, 0.15) is 11.1 Å². The number of imide groups is 1. The molecule has 1 saturated heterocycles. The molecule has 11 heteroatoms. The molecule has 0 spiro atoms. The average molecular weight is 440 g/mol. The van der Waals surface area contributed by atoms with E-state index in [-0.39, 0.29) is 23.2 Å². The fraction of sp³-hybridized carbons (Fsp3) is 0.200. The van der Waals surface area contributed by atoms with E-state index in [4.69, 9.17) is 5.11 Å². The Morgan fingerprint density at radius 1 is 1.06 bits per heavy atom. The Balaban J connectivity index is 1.66. The maximum absolute atomic E-state index is 12.9. The highest BCUT2D eigenvalue weighted by Gasteiger charge is 2.31. The predicted molar refractivity (Wildman–Crippen MR) is 112 cm³/mol. The number of carbonyl (C=O) groups is 3. The molecule has 3 heterocycles. The lowest BCUT2D eigenvalue weighted by Crippen LogP contribution is -2.42. The van der Waals surface area contributed by atoms with Gasteiger partial charge in [-0.3, -0.25) is 29.1 Å². The highest BCUT2D eigenvalue weighted by molar-refractivity contribution is 8.15. The fourth-order valence-electron chi connectivity index (χ4n) is 3.38. The van der Waals surface area contributed by atoms with Crippen LogP contribution in [0.3, 0.4) is 0 Å². The van der Waals surface area contributed by atoms with E-state index in [0.717, 1.165) is 22.9 Å². The van der Waals surface area contributed by atoms with Gasteiger partial charge in [0, 0.05) is 6.20 Å². The van der Waals surface area contributed by atoms with Crippen molar-refractivity contribution in [2.24, 2.45) is 0 Å². The number of thioether (sulfide) groups is 1. The van der Waals surface area contributed by atoms with Crippen LogP contribution in [0.4, 0.5) is 4.79 Å². The second-order valence-electron chi connectivity index (χ2n) is 6.93. The normalized spacial score (nSPS) is 15.9. The summed E-state index contributed by atoms with van der Waals surface area (Å²) >= 11 is 0.954. The van der Waals surface area contributed by atoms with Gasteiger partial charge in [-0.25, -0.2) is 14.3 Å². The monoisotopic (exact) mass is 440 g/mol. The summed E-state index contributed by atoms with van der Waals surface area (Å²) in [5.74, 6) is -1.62. The molecule has 2 N–H and O–H groups in total. The van der Waals surface area contributed by atoms with Crippen molar-refractivity contribution in [3.8, 4) is 0 Å². The number of carboxylic acids is 1. The van der Waals surface area contributed by atoms with Crippen molar-refractivity contribution in [2.45, 2.75) is 24.8 Å². The summed E-state index contributed by atoms with van der Waals surface area (Å²) in [4.78, 5) is 63.6. The number of aromatic nitrogens is 3. The second-order valence-corrected chi connectivity index (χ2v) is 8.10. The van der Waals surface area contributed by atoms with Gasteiger partial charge in [0.05, 0.1) is 17.3 Å². The van der Waals surface area contributed by atoms with Gasteiger partial charge in [-0.2, -0.15) is 0 Å². The molecule has 1 aromatic carbocycles. The van der Waals surface area contributed by atoms with Gasteiger partial charge < -0.3 is 5.11 Å². The largest absolute Gasteiger partial charge is 0.480 e. The lowest BCUT2D eigenvalue weighted by Gasteiger charge is -2.13. The molecule has 3 aromatic rings. The number of nitrogens with one attached hydrogen (secondary N) is 1. The van der Waals surface area contributed by atoms with Crippen LogP contribution in [0.2, 0.25) is 0 Å². The Kier molecular flexibility index (Phi) is 5.42. The zero-order valence-electron chi connectivity index (χ0n) is 16.0. The van der Waals surface area contributed by atoms with Crippen LogP contribution in [-0.4, -0.2) is 41.6 Å². The quantitative estimate of drug-likeness (QED) is 0.567. The summed E-state index contributed by atoms with van der Waals surface area (Å²) in [6.45, 7) is -0.665. The molecule has 4 rings (SSSR count). The van der Waals surface area contributed by atoms with Crippen molar-refractivity contribution in [3.05, 3.63) is 74.6 Å². The fourth-order valence-corrected chi connectivity index (χ4v) is 4.24. The number of pyridine rings is 1. The molecule has 0 saturated carbocycles. The van der Waals surface area contributed by atoms with Gasteiger partial charge in [-0.05, 0) is 29.7 Å². The molecule has 1 atom stereocenters. The lowest BCUT2D eigenvalue weighted by atomic mass is 10.1. The number of hydrogen-bond donors (Lipinski definition) is 2. The molecule has 158 valence electrons. The maximum atomic E-state index is 12.9. The lowest BCUT2D eigenvalue weighted by molar-refractivity contribution is -0.137. The van der Waals surface area contributed by atoms with Crippen LogP contribution in [-0.2, 0) is 29.1 Å². The summed E-state index contributed by atoms with van der Waals surface area (Å²) in [5, 5.41) is 10.5. The Hall–Kier alpha value is -3.73. The molecule has 0 radical (unpaired) electrons. The number of amides is 2. The SMILES string of the molecule is O=C(O)Cn1c(=O)c2ncccc2n(Cc2ccc(CC3SC(=O)NC3=O)cc2)c1=O. The van der Waals surface area contributed by atoms with Crippen molar-refractivity contribution >= 4 is 39.9 Å². The Morgan fingerprint density at radius 2 is 1.77 bits per heavy atom. The molecule has 2 aromatic heterocycles. The minimum atomic E-state index is -1.31. The van der Waals surface area contributed by atoms with Gasteiger partial charge in [-0.15, -0.1) is 0 Å². The molecular formula is C20H16N4O6S. The number of carbonyl (C=O) groups excluding carboxylic acids is 2. The first-order chi connectivity index (χ1) is 14.8. The molecule has 1 fully saturated rings. The van der Waals surface area contributed by atoms with Crippen LogP contribution in [0.5, 0.6) is 0 Å². The highest BCUT2D eigenvalue weighted by atomic mass is 32.2. The summed E-state index contributed by atoms with van der Waals surface area (Å²) < 4.78 is 1.96. The van der Waals surface area contributed by atoms with Crippen LogP contribution in [0.25, 0.3) is 11.0 Å². The van der Waals surface area contributed by atoms with E-state index in [1.54, 1.807) is 36.4 Å². The number of rotatable bonds is 6. The number of nitrogens with zero attached hydrogens (tertiary/aromatic N) is 3. The van der Waals surface area contributed by atoms with Crippen molar-refractivity contribution in [1.29, 1.82) is 0 Å². The Bertz CT molecular complexity index is 1330. The zero-order valence-corrected chi connectivity index (χ0v) is 16.8. The first-order valence-corrected chi connectivity index (χ1v) is 10.1. The smallest absolute Gasteiger partial charge is 0.332 e. The zero-order chi connectivity index (χ0) is 22.1. The number of benzene rings is 1. The summed E-state index contributed by atoms with van der Waals surface area (Å²) in [5.41, 5.74) is 0.401. The highest BCUT2D eigenvalue weighted by Crippen LogP contribution is 2.23. The van der Waals surface area contributed by atoms with Crippen molar-refractivity contribution in [3.63, 3.8) is 0 Å². The minimum Gasteiger partial charge on any atom is -0.480 e. The number of aliphatic carboxylic acids is 1. The maximum Gasteiger partial charge on any atom is 0.332 e. The van der Waals surface area contributed by atoms with Crippen molar-refractivity contribution in [1.82, 2.24) is 19.4 Å². The van der Waals surface area contributed by atoms with Gasteiger partial charge >= 0.3 is 11.7 Å². The van der Waals surface area contributed by atoms with Crippen LogP contribution in [0.15, 0.2) is 52.2 Å². The minimum absolute atomic E-state index is 0.00825. The number of carboxylic acid groups (broad SMARTS) is 1. The predicted octanol–water partition coefficient (Wildman–Crippen LogP) is 0.585. The second kappa shape index (κ2) is 8.19. The van der Waals surface area contributed by atoms with E-state index < -0.39 is 29.0 Å². The Morgan fingerprint density at radius 3 is 2.42 bits per heavy atom. The summed E-state index contributed by atoms with van der Waals surface area (Å²) in [6, 6.07) is 10.3. The van der Waals surface area contributed by atoms with E-state index in [9.17, 15) is 24.0 Å². The molecule has 1 unspecified atom stereocenters. The van der Waals surface area contributed by atoms with Crippen LogP contribution >= 0.6 is 11.8 Å². The molecule has 2 amide bonds. The summed E-state index contributed by atoms with van der Waals surface area (Å²) in [7, 11) is 0. The van der Waals surface area contributed by atoms with E-state index in [1.807, 2.05) is 0 Å². The van der Waals surface area contributed by atoms with Crippen LogP contribution in [0, 0.1) is 0 Å². The van der Waals surface area contributed by atoms with Gasteiger partial charge in [-0.1, -0.05) is 36.0 Å². The molecule has 31 heavy (non-hydrogen) atoms. The van der Waals surface area contributed by atoms with Gasteiger partial charge in [0.1, 0.15) is 6.54 Å². The molecule has 1 aliphatic rings. The first kappa shape index (κ1) is 20.5. The standard InChI is InChI=1S/C20H16N4O6S/c25-15(26)10-24-18(28)16-13(2-1-7-21-16)23(20(24)30)9-12-5-3-11(4-6-12)8-14-17(27)22-19(29)31-14/h1-7,14H,8-10H2,(H,25,26)(H,22,27,29). The van der Waals surface area contributed by atoms with E-state index >= 15 is 0 Å². The molecule has 0 bridgehead atoms. The van der Waals surface area contributed by atoms with Gasteiger partial charge in [0.15, 0.2) is 5.52 Å². The third-order valence-electron chi connectivity index (χ3n) is 4.83. The number of fused-ring (bicyclic) bond motifs is 1. The van der Waals surface area contributed by atoms with E-state index in [0.29, 0.717) is 16.5 Å². The molecule has 1 aliphatic heterocycles. The number of hydrogen-bond acceptors (Lipinski definition) is 7. The van der Waals surface area contributed by atoms with Gasteiger partial charge in [0.25, 0.3) is 10.8 Å². The van der Waals surface area contributed by atoms with Gasteiger partial charge in [0.2, 0.25) is 5.91 Å². The third-order valence-corrected chi connectivity index (χ3v) is 5.81. The van der Waals surface area contributed by atoms with E-state index in [2.05, 4.69) is 10.3 Å². The average Bonchev–Trinajstić information content (AvgIpc) is 3.06. The molecule has 10 nitrogen and oxygen atoms in total. The first-order valence-electron chi connectivity index (χ1n) is 9.23. The third kappa shape index (κ3) is 4.12. The molecule has 0 aliphatic carbocycles. The molecular weight excluding hydrogens is 424 g/mol.